The van der Waals surface area contributed by atoms with E-state index in [0.717, 1.165) is 61.2 Å². The smallest absolute Gasteiger partial charge is 0.292 e. The van der Waals surface area contributed by atoms with Gasteiger partial charge >= 0.3 is 0 Å². The molecule has 0 amide bonds. The molecule has 0 spiro atoms. The summed E-state index contributed by atoms with van der Waals surface area (Å²) in [4.78, 5) is 20.1. The van der Waals surface area contributed by atoms with Gasteiger partial charge in [-0.3, -0.25) is 14.2 Å². The molecule has 6 aromatic carbocycles. The van der Waals surface area contributed by atoms with Crippen LogP contribution in [0.2, 0.25) is 0 Å². The Morgan fingerprint density at radius 3 is 2.15 bits per heavy atom. The van der Waals surface area contributed by atoms with E-state index in [1.165, 1.54) is 29.3 Å². The van der Waals surface area contributed by atoms with Gasteiger partial charge in [0.1, 0.15) is 11.4 Å². The molecule has 4 aromatic heterocycles. The number of halogens is 2. The Kier molecular flexibility index (Phi) is 12.5. The molecule has 1 N–H and O–H groups in total. The van der Waals surface area contributed by atoms with Crippen LogP contribution in [-0.2, 0) is 25.5 Å². The number of pyridine rings is 1. The number of hydrogen-bond donors (Lipinski definition) is 1. The summed E-state index contributed by atoms with van der Waals surface area (Å²) in [5.74, 6) is -0.870. The van der Waals surface area contributed by atoms with Gasteiger partial charge in [-0.25, -0.2) is 4.39 Å². The fraction of sp³-hybridized carbons (Fsp3) is 0.182. The number of para-hydroxylation sites is 1. The molecule has 0 aliphatic rings. The monoisotopic (exact) mass is 1050 g/mol. The first-order valence-electron chi connectivity index (χ1n) is 21.5. The van der Waals surface area contributed by atoms with Crippen molar-refractivity contribution < 1.29 is 43.2 Å². The number of benzene rings is 6. The van der Waals surface area contributed by atoms with Crippen molar-refractivity contribution >= 4 is 50.0 Å². The van der Waals surface area contributed by atoms with Crippen LogP contribution >= 0.6 is 0 Å². The van der Waals surface area contributed by atoms with Crippen molar-refractivity contribution in [3.05, 3.63) is 174 Å². The van der Waals surface area contributed by atoms with Crippen molar-refractivity contribution in [2.24, 2.45) is 0 Å². The fourth-order valence-electron chi connectivity index (χ4n) is 8.27. The molecule has 0 unspecified atom stereocenters. The summed E-state index contributed by atoms with van der Waals surface area (Å²) >= 11 is 0. The molecule has 8 nitrogen and oxygen atoms in total. The Hall–Kier alpha value is -6.94. The second kappa shape index (κ2) is 18.1. The maximum atomic E-state index is 14.0. The molecule has 0 bridgehead atoms. The zero-order chi connectivity index (χ0) is 45.7. The molecule has 0 atom stereocenters. The van der Waals surface area contributed by atoms with E-state index >= 15 is 0 Å². The summed E-state index contributed by atoms with van der Waals surface area (Å²) in [7, 11) is 0. The third-order valence-corrected chi connectivity index (χ3v) is 11.7. The van der Waals surface area contributed by atoms with Gasteiger partial charge < -0.3 is 19.1 Å². The number of carbonyl (C=O) groups is 1. The normalized spacial score (nSPS) is 11.7. The molecular formula is C55H45F2IrN5O3-2. The van der Waals surface area contributed by atoms with Gasteiger partial charge in [0.05, 0.1) is 22.4 Å². The van der Waals surface area contributed by atoms with Gasteiger partial charge in [0, 0.05) is 48.6 Å². The summed E-state index contributed by atoms with van der Waals surface area (Å²) in [6.45, 7) is 15.1. The standard InChI is InChI=1S/C39H30FN4O.C16H15FNO2.Ir/c1-22(2)27-13-8-14-28(23(3)4)35(27)44-36-31-12-5-6-17-33(31)42-43-38(36)41-39(44)32-16-9-15-30-29-19-18-25(21-34(29)45-37(30)32)24-10-7-11-26(40)20-24;1-16(2,3)11-5-7-14(18-9-11)12-6-4-10(15(19)20)8-13(12)17;/h5-15,17-23H,1-4H3;4-5,7-9H,1-3H3,(H,19,20);/q2*-1;. The zero-order valence-electron chi connectivity index (χ0n) is 37.4. The van der Waals surface area contributed by atoms with Gasteiger partial charge in [0.15, 0.2) is 5.65 Å². The minimum absolute atomic E-state index is 0. The van der Waals surface area contributed by atoms with Gasteiger partial charge in [-0.2, -0.15) is 0 Å². The largest absolute Gasteiger partial charge is 0.501 e. The Morgan fingerprint density at radius 2 is 1.48 bits per heavy atom. The van der Waals surface area contributed by atoms with Crippen molar-refractivity contribution in [3.8, 4) is 39.5 Å². The number of rotatable bonds is 7. The van der Waals surface area contributed by atoms with E-state index < -0.39 is 11.8 Å². The molecule has 10 rings (SSSR count). The third kappa shape index (κ3) is 8.52. The van der Waals surface area contributed by atoms with Gasteiger partial charge in [-0.15, -0.1) is 40.5 Å². The first-order valence-corrected chi connectivity index (χ1v) is 21.5. The molecule has 0 fully saturated rings. The second-order valence-corrected chi connectivity index (χ2v) is 17.8. The first kappa shape index (κ1) is 45.6. The van der Waals surface area contributed by atoms with E-state index in [1.54, 1.807) is 18.3 Å². The number of hydrogen-bond acceptors (Lipinski definition) is 6. The van der Waals surface area contributed by atoms with Crippen molar-refractivity contribution in [2.75, 3.05) is 0 Å². The van der Waals surface area contributed by atoms with E-state index in [1.807, 2.05) is 60.7 Å². The van der Waals surface area contributed by atoms with Crippen LogP contribution in [0.15, 0.2) is 132 Å². The molecular weight excluding hydrogens is 1010 g/mol. The number of nitrogens with zero attached hydrogens (tertiary/aromatic N) is 5. The molecule has 10 aromatic rings. The van der Waals surface area contributed by atoms with E-state index in [9.17, 15) is 13.6 Å². The Morgan fingerprint density at radius 1 is 0.758 bits per heavy atom. The maximum Gasteiger partial charge on any atom is 0.292 e. The Bertz CT molecular complexity index is 3420. The molecule has 4 heterocycles. The van der Waals surface area contributed by atoms with Gasteiger partial charge in [-0.05, 0) is 80.6 Å². The number of fused-ring (bicyclic) bond motifs is 6. The van der Waals surface area contributed by atoms with Crippen LogP contribution in [0.1, 0.15) is 87.4 Å². The summed E-state index contributed by atoms with van der Waals surface area (Å²) < 4.78 is 36.8. The van der Waals surface area contributed by atoms with Crippen LogP contribution in [0.25, 0.3) is 83.5 Å². The molecule has 0 aliphatic carbocycles. The number of aromatic carboxylic acids is 1. The average Bonchev–Trinajstić information content (AvgIpc) is 3.87. The summed E-state index contributed by atoms with van der Waals surface area (Å²) in [5.41, 5.74) is 11.1. The van der Waals surface area contributed by atoms with Crippen molar-refractivity contribution in [3.63, 3.8) is 0 Å². The molecule has 0 saturated heterocycles. The fourth-order valence-corrected chi connectivity index (χ4v) is 8.27. The van der Waals surface area contributed by atoms with Crippen LogP contribution in [0.4, 0.5) is 8.78 Å². The second-order valence-electron chi connectivity index (χ2n) is 17.8. The van der Waals surface area contributed by atoms with E-state index in [0.29, 0.717) is 28.3 Å². The molecule has 0 saturated carbocycles. The van der Waals surface area contributed by atoms with Crippen LogP contribution in [0.5, 0.6) is 0 Å². The quantitative estimate of drug-likeness (QED) is 0.158. The van der Waals surface area contributed by atoms with Crippen molar-refractivity contribution in [2.45, 2.75) is 65.7 Å². The van der Waals surface area contributed by atoms with E-state index in [4.69, 9.17) is 14.5 Å². The minimum Gasteiger partial charge on any atom is -0.501 e. The predicted octanol–water partition coefficient (Wildman–Crippen LogP) is 14.1. The minimum atomic E-state index is -1.18. The summed E-state index contributed by atoms with van der Waals surface area (Å²) in [6.07, 6.45) is 1.70. The number of imidazole rings is 1. The first-order chi connectivity index (χ1) is 31.2. The molecule has 66 heavy (non-hydrogen) atoms. The van der Waals surface area contributed by atoms with Crippen molar-refractivity contribution in [1.29, 1.82) is 0 Å². The summed E-state index contributed by atoms with van der Waals surface area (Å²) in [5, 5.41) is 20.8. The number of aromatic nitrogens is 5. The third-order valence-electron chi connectivity index (χ3n) is 11.7. The molecule has 333 valence electrons. The zero-order valence-corrected chi connectivity index (χ0v) is 39.8. The van der Waals surface area contributed by atoms with Crippen LogP contribution in [0.3, 0.4) is 0 Å². The molecule has 1 radical (unpaired) electrons. The van der Waals surface area contributed by atoms with E-state index in [-0.39, 0.29) is 54.3 Å². The number of carboxylic acids is 1. The Labute approximate surface area is 394 Å². The van der Waals surface area contributed by atoms with Gasteiger partial charge in [0.25, 0.3) is 5.97 Å². The van der Waals surface area contributed by atoms with Crippen LogP contribution in [-0.4, -0.2) is 35.8 Å². The number of furan rings is 1. The topological polar surface area (TPSA) is 107 Å². The van der Waals surface area contributed by atoms with Gasteiger partial charge in [-0.1, -0.05) is 144 Å². The average molecular weight is 1050 g/mol. The van der Waals surface area contributed by atoms with Crippen LogP contribution in [0, 0.1) is 23.8 Å². The number of carboxylic acid groups (broad SMARTS) is 1. The predicted molar refractivity (Wildman–Crippen MR) is 253 cm³/mol. The Balaban J connectivity index is 0.000000238. The molecule has 11 heteroatoms. The van der Waals surface area contributed by atoms with Crippen molar-refractivity contribution in [1.82, 2.24) is 24.7 Å². The van der Waals surface area contributed by atoms with Gasteiger partial charge in [0.2, 0.25) is 0 Å². The molecule has 0 aliphatic heterocycles. The SMILES string of the molecule is CC(C)(C)c1ccc(-c2[c-]cc(C(=O)O)cc2F)nc1.CC(C)c1cccc(C(C)C)c1-n1c(-c2[c-]ccc3c2oc2cc(-c4cccc(F)c4)ccc23)nc2nnc3ccccc3c21.[Ir]. The summed E-state index contributed by atoms with van der Waals surface area (Å²) in [6, 6.07) is 43.2. The van der Waals surface area contributed by atoms with E-state index in [2.05, 4.69) is 105 Å². The maximum absolute atomic E-state index is 14.0. The van der Waals surface area contributed by atoms with Crippen LogP contribution < -0.4 is 0 Å².